The molecule has 4 heteroatoms. The van der Waals surface area contributed by atoms with Crippen molar-refractivity contribution < 1.29 is 9.59 Å². The van der Waals surface area contributed by atoms with Gasteiger partial charge >= 0.3 is 6.15 Å². The van der Waals surface area contributed by atoms with Gasteiger partial charge in [-0.3, -0.25) is 0 Å². The van der Waals surface area contributed by atoms with Gasteiger partial charge in [0.05, 0.1) is 4.60 Å². The molecule has 0 spiro atoms. The molecule has 3 nitrogen and oxygen atoms in total. The highest BCUT2D eigenvalue weighted by atomic mass is 79.9. The predicted molar refractivity (Wildman–Crippen MR) is 60.5 cm³/mol. The normalized spacial score (nSPS) is 9.27. The van der Waals surface area contributed by atoms with Crippen LogP contribution in [0.3, 0.4) is 0 Å². The van der Waals surface area contributed by atoms with Crippen LogP contribution < -0.4 is 0 Å². The third kappa shape index (κ3) is 2.55. The van der Waals surface area contributed by atoms with Crippen LogP contribution in [-0.4, -0.2) is 11.1 Å². The summed E-state index contributed by atoms with van der Waals surface area (Å²) in [6.07, 6.45) is 0.250. The van der Waals surface area contributed by atoms with Gasteiger partial charge in [-0.15, -0.1) is 0 Å². The predicted octanol–water partition coefficient (Wildman–Crippen LogP) is 2.96. The number of carbonyl (C=O) groups excluding carboxylic acids is 2. The largest absolute Gasteiger partial charge is 0.373 e. The van der Waals surface area contributed by atoms with E-state index in [1.54, 1.807) is 0 Å². The Labute approximate surface area is 95.6 Å². The van der Waals surface area contributed by atoms with Gasteiger partial charge < -0.3 is 4.98 Å². The van der Waals surface area contributed by atoms with E-state index in [2.05, 4.69) is 53.0 Å². The smallest absolute Gasteiger partial charge is 0.349 e. The quantitative estimate of drug-likeness (QED) is 0.798. The SMILES string of the molecule is Cc1ccc2c(C)c(Br)[nH]c2c1.O=C=O. The molecule has 2 rings (SSSR count). The van der Waals surface area contributed by atoms with Gasteiger partial charge in [-0.05, 0) is 47.0 Å². The number of hydrogen-bond donors (Lipinski definition) is 1. The molecule has 78 valence electrons. The van der Waals surface area contributed by atoms with E-state index in [0.717, 1.165) is 4.60 Å². The van der Waals surface area contributed by atoms with Crippen molar-refractivity contribution in [2.75, 3.05) is 0 Å². The van der Waals surface area contributed by atoms with Crippen molar-refractivity contribution in [2.24, 2.45) is 0 Å². The molecule has 0 saturated heterocycles. The summed E-state index contributed by atoms with van der Waals surface area (Å²) >= 11 is 3.48. The third-order valence-corrected chi connectivity index (χ3v) is 2.95. The molecule has 0 fully saturated rings. The third-order valence-electron chi connectivity index (χ3n) is 2.15. The topological polar surface area (TPSA) is 49.9 Å². The fourth-order valence-corrected chi connectivity index (χ4v) is 1.85. The van der Waals surface area contributed by atoms with Crippen LogP contribution in [-0.2, 0) is 9.59 Å². The fraction of sp³-hybridized carbons (Fsp3) is 0.182. The molecule has 0 aliphatic heterocycles. The van der Waals surface area contributed by atoms with Gasteiger partial charge in [0, 0.05) is 10.9 Å². The molecule has 1 aromatic carbocycles. The molecule has 0 aliphatic carbocycles. The molecule has 0 atom stereocenters. The van der Waals surface area contributed by atoms with Crippen LogP contribution in [0, 0.1) is 13.8 Å². The molecule has 0 bridgehead atoms. The monoisotopic (exact) mass is 267 g/mol. The molecule has 0 saturated carbocycles. The van der Waals surface area contributed by atoms with Crippen LogP contribution in [0.1, 0.15) is 11.1 Å². The molecular formula is C11H10BrNO2. The van der Waals surface area contributed by atoms with E-state index in [0.29, 0.717) is 0 Å². The van der Waals surface area contributed by atoms with Gasteiger partial charge in [0.1, 0.15) is 0 Å². The first-order valence-corrected chi connectivity index (χ1v) is 5.13. The summed E-state index contributed by atoms with van der Waals surface area (Å²) in [6, 6.07) is 6.45. The highest BCUT2D eigenvalue weighted by Gasteiger charge is 2.03. The number of rotatable bonds is 0. The van der Waals surface area contributed by atoms with Crippen molar-refractivity contribution in [1.29, 1.82) is 0 Å². The first-order valence-electron chi connectivity index (χ1n) is 4.34. The molecule has 15 heavy (non-hydrogen) atoms. The Morgan fingerprint density at radius 2 is 1.87 bits per heavy atom. The Hall–Kier alpha value is -1.38. The van der Waals surface area contributed by atoms with E-state index in [9.17, 15) is 0 Å². The molecule has 1 N–H and O–H groups in total. The van der Waals surface area contributed by atoms with E-state index >= 15 is 0 Å². The van der Waals surface area contributed by atoms with Crippen LogP contribution >= 0.6 is 15.9 Å². The van der Waals surface area contributed by atoms with Crippen molar-refractivity contribution in [3.05, 3.63) is 33.9 Å². The van der Waals surface area contributed by atoms with Gasteiger partial charge in [0.25, 0.3) is 0 Å². The van der Waals surface area contributed by atoms with Gasteiger partial charge in [-0.1, -0.05) is 12.1 Å². The van der Waals surface area contributed by atoms with Crippen molar-refractivity contribution in [3.8, 4) is 0 Å². The van der Waals surface area contributed by atoms with Crippen molar-refractivity contribution >= 4 is 33.0 Å². The number of H-pyrrole nitrogens is 1. The van der Waals surface area contributed by atoms with E-state index in [1.165, 1.54) is 22.0 Å². The summed E-state index contributed by atoms with van der Waals surface area (Å²) in [7, 11) is 0. The lowest BCUT2D eigenvalue weighted by molar-refractivity contribution is -0.191. The lowest BCUT2D eigenvalue weighted by atomic mass is 10.1. The van der Waals surface area contributed by atoms with Crippen molar-refractivity contribution in [2.45, 2.75) is 13.8 Å². The Morgan fingerprint density at radius 1 is 1.27 bits per heavy atom. The summed E-state index contributed by atoms with van der Waals surface area (Å²) < 4.78 is 1.09. The number of hydrogen-bond acceptors (Lipinski definition) is 2. The van der Waals surface area contributed by atoms with E-state index in [-0.39, 0.29) is 6.15 Å². The maximum Gasteiger partial charge on any atom is 0.373 e. The number of fused-ring (bicyclic) bond motifs is 1. The minimum absolute atomic E-state index is 0.250. The van der Waals surface area contributed by atoms with Crippen LogP contribution in [0.2, 0.25) is 0 Å². The van der Waals surface area contributed by atoms with Gasteiger partial charge in [-0.2, -0.15) is 9.59 Å². The van der Waals surface area contributed by atoms with E-state index < -0.39 is 0 Å². The second kappa shape index (κ2) is 4.91. The standard InChI is InChI=1S/C10H10BrN.CO2/c1-6-3-4-8-7(2)10(11)12-9(8)5-6;2-1-3/h3-5,12H,1-2H3;. The molecule has 1 heterocycles. The molecule has 0 unspecified atom stereocenters. The van der Waals surface area contributed by atoms with Crippen LogP contribution in [0.25, 0.3) is 10.9 Å². The average Bonchev–Trinajstić information content (AvgIpc) is 2.43. The highest BCUT2D eigenvalue weighted by Crippen LogP contribution is 2.25. The van der Waals surface area contributed by atoms with Crippen molar-refractivity contribution in [3.63, 3.8) is 0 Å². The first-order chi connectivity index (χ1) is 7.10. The molecular weight excluding hydrogens is 258 g/mol. The molecule has 0 aliphatic rings. The van der Waals surface area contributed by atoms with E-state index in [1.807, 2.05) is 0 Å². The average molecular weight is 268 g/mol. The maximum absolute atomic E-state index is 8.12. The number of benzene rings is 1. The zero-order valence-corrected chi connectivity index (χ0v) is 10.0. The Kier molecular flexibility index (Phi) is 3.83. The number of aromatic nitrogens is 1. The van der Waals surface area contributed by atoms with Gasteiger partial charge in [0.2, 0.25) is 0 Å². The summed E-state index contributed by atoms with van der Waals surface area (Å²) in [4.78, 5) is 19.5. The maximum atomic E-state index is 8.12. The number of aryl methyl sites for hydroxylation is 2. The zero-order chi connectivity index (χ0) is 11.4. The Balaban J connectivity index is 0.000000337. The molecule has 1 aromatic heterocycles. The van der Waals surface area contributed by atoms with Crippen molar-refractivity contribution in [1.82, 2.24) is 4.98 Å². The Bertz CT molecular complexity index is 511. The van der Waals surface area contributed by atoms with E-state index in [4.69, 9.17) is 9.59 Å². The minimum atomic E-state index is 0.250. The van der Waals surface area contributed by atoms with Gasteiger partial charge in [0.15, 0.2) is 0 Å². The second-order valence-corrected chi connectivity index (χ2v) is 3.99. The first kappa shape index (κ1) is 11.7. The van der Waals surface area contributed by atoms with Gasteiger partial charge in [-0.25, -0.2) is 0 Å². The number of halogens is 1. The zero-order valence-electron chi connectivity index (χ0n) is 8.43. The lowest BCUT2D eigenvalue weighted by Gasteiger charge is -1.92. The molecule has 2 aromatic rings. The van der Waals surface area contributed by atoms with Crippen LogP contribution in [0.4, 0.5) is 0 Å². The fourth-order valence-electron chi connectivity index (χ4n) is 1.42. The summed E-state index contributed by atoms with van der Waals surface area (Å²) in [5, 5.41) is 1.30. The summed E-state index contributed by atoms with van der Waals surface area (Å²) in [6.45, 7) is 4.21. The van der Waals surface area contributed by atoms with Crippen LogP contribution in [0.15, 0.2) is 22.8 Å². The second-order valence-electron chi connectivity index (χ2n) is 3.20. The molecule has 0 radical (unpaired) electrons. The highest BCUT2D eigenvalue weighted by molar-refractivity contribution is 9.10. The summed E-state index contributed by atoms with van der Waals surface area (Å²) in [5.74, 6) is 0. The minimum Gasteiger partial charge on any atom is -0.349 e. The Morgan fingerprint density at radius 3 is 2.47 bits per heavy atom. The lowest BCUT2D eigenvalue weighted by Crippen LogP contribution is -1.71. The molecule has 0 amide bonds. The number of nitrogens with one attached hydrogen (secondary N) is 1. The van der Waals surface area contributed by atoms with Crippen LogP contribution in [0.5, 0.6) is 0 Å². The summed E-state index contributed by atoms with van der Waals surface area (Å²) in [5.41, 5.74) is 3.78. The number of aromatic amines is 1.